The third-order valence-electron chi connectivity index (χ3n) is 1.66. The van der Waals surface area contributed by atoms with Crippen LogP contribution in [0.4, 0.5) is 5.95 Å². The molecule has 0 aliphatic heterocycles. The SMILES string of the molecule is O=C(Nc1ncccn1)c1ccc(Cl)nn1. The first-order valence-corrected chi connectivity index (χ1v) is 4.71. The van der Waals surface area contributed by atoms with Crippen LogP contribution in [0.25, 0.3) is 0 Å². The van der Waals surface area contributed by atoms with Gasteiger partial charge in [-0.05, 0) is 18.2 Å². The van der Waals surface area contributed by atoms with E-state index in [1.54, 1.807) is 6.07 Å². The minimum atomic E-state index is -0.435. The third kappa shape index (κ3) is 2.48. The first-order chi connectivity index (χ1) is 7.75. The Morgan fingerprint density at radius 1 is 1.19 bits per heavy atom. The van der Waals surface area contributed by atoms with E-state index in [0.29, 0.717) is 0 Å². The van der Waals surface area contributed by atoms with Gasteiger partial charge in [0.2, 0.25) is 5.95 Å². The lowest BCUT2D eigenvalue weighted by Gasteiger charge is -2.00. The van der Waals surface area contributed by atoms with Crippen molar-refractivity contribution in [3.05, 3.63) is 41.4 Å². The first-order valence-electron chi connectivity index (χ1n) is 4.33. The van der Waals surface area contributed by atoms with E-state index in [2.05, 4.69) is 25.5 Å². The summed E-state index contributed by atoms with van der Waals surface area (Å²) in [5, 5.41) is 9.88. The molecule has 0 spiro atoms. The molecule has 2 heterocycles. The number of amides is 1. The van der Waals surface area contributed by atoms with Crippen LogP contribution in [0.3, 0.4) is 0 Å². The van der Waals surface area contributed by atoms with Crippen molar-refractivity contribution in [1.82, 2.24) is 20.2 Å². The second kappa shape index (κ2) is 4.63. The summed E-state index contributed by atoms with van der Waals surface area (Å²) in [5.41, 5.74) is 0.150. The molecule has 0 radical (unpaired) electrons. The molecular formula is C9H6ClN5O. The lowest BCUT2D eigenvalue weighted by molar-refractivity contribution is 0.102. The lowest BCUT2D eigenvalue weighted by atomic mass is 10.4. The number of halogens is 1. The Balaban J connectivity index is 2.12. The summed E-state index contributed by atoms with van der Waals surface area (Å²) in [7, 11) is 0. The highest BCUT2D eigenvalue weighted by molar-refractivity contribution is 6.29. The van der Waals surface area contributed by atoms with Gasteiger partial charge in [0.25, 0.3) is 5.91 Å². The highest BCUT2D eigenvalue weighted by atomic mass is 35.5. The predicted octanol–water partition coefficient (Wildman–Crippen LogP) is 1.17. The van der Waals surface area contributed by atoms with Gasteiger partial charge in [0, 0.05) is 12.4 Å². The number of carbonyl (C=O) groups excluding carboxylic acids is 1. The number of hydrogen-bond acceptors (Lipinski definition) is 5. The second-order valence-corrected chi connectivity index (χ2v) is 3.16. The lowest BCUT2D eigenvalue weighted by Crippen LogP contribution is -2.15. The average molecular weight is 236 g/mol. The number of carbonyl (C=O) groups is 1. The van der Waals surface area contributed by atoms with Crippen LogP contribution in [0.2, 0.25) is 5.15 Å². The molecule has 1 N–H and O–H groups in total. The summed E-state index contributed by atoms with van der Waals surface area (Å²) in [6, 6.07) is 4.60. The number of hydrogen-bond donors (Lipinski definition) is 1. The van der Waals surface area contributed by atoms with Gasteiger partial charge in [-0.3, -0.25) is 10.1 Å². The quantitative estimate of drug-likeness (QED) is 0.845. The monoisotopic (exact) mass is 235 g/mol. The van der Waals surface area contributed by atoms with Crippen LogP contribution >= 0.6 is 11.6 Å². The number of rotatable bonds is 2. The molecule has 0 aromatic carbocycles. The van der Waals surface area contributed by atoms with E-state index in [0.717, 1.165) is 0 Å². The fourth-order valence-electron chi connectivity index (χ4n) is 0.966. The van der Waals surface area contributed by atoms with E-state index in [1.807, 2.05) is 0 Å². The molecule has 6 nitrogen and oxygen atoms in total. The van der Waals surface area contributed by atoms with Crippen LogP contribution in [0, 0.1) is 0 Å². The zero-order valence-electron chi connectivity index (χ0n) is 7.96. The molecule has 0 aliphatic rings. The van der Waals surface area contributed by atoms with Crippen molar-refractivity contribution in [2.75, 3.05) is 5.32 Å². The molecule has 1 amide bonds. The van der Waals surface area contributed by atoms with Crippen LogP contribution in [0.1, 0.15) is 10.5 Å². The van der Waals surface area contributed by atoms with Gasteiger partial charge in [0.05, 0.1) is 0 Å². The molecule has 0 saturated heterocycles. The zero-order valence-corrected chi connectivity index (χ0v) is 8.72. The average Bonchev–Trinajstić information content (AvgIpc) is 2.31. The van der Waals surface area contributed by atoms with E-state index in [-0.39, 0.29) is 16.8 Å². The Kier molecular flexibility index (Phi) is 3.02. The Morgan fingerprint density at radius 3 is 2.56 bits per heavy atom. The van der Waals surface area contributed by atoms with Gasteiger partial charge in [0.15, 0.2) is 10.8 Å². The molecule has 2 rings (SSSR count). The molecule has 0 fully saturated rings. The van der Waals surface area contributed by atoms with E-state index >= 15 is 0 Å². The first kappa shape index (κ1) is 10.4. The summed E-state index contributed by atoms with van der Waals surface area (Å²) in [5.74, 6) is -0.223. The van der Waals surface area contributed by atoms with E-state index < -0.39 is 5.91 Å². The molecule has 7 heteroatoms. The van der Waals surface area contributed by atoms with Crippen LogP contribution in [-0.4, -0.2) is 26.1 Å². The molecule has 16 heavy (non-hydrogen) atoms. The number of nitrogens with one attached hydrogen (secondary N) is 1. The van der Waals surface area contributed by atoms with Gasteiger partial charge < -0.3 is 0 Å². The largest absolute Gasteiger partial charge is 0.289 e. The number of nitrogens with zero attached hydrogens (tertiary/aromatic N) is 4. The summed E-state index contributed by atoms with van der Waals surface area (Å²) in [6.07, 6.45) is 3.05. The summed E-state index contributed by atoms with van der Waals surface area (Å²) >= 11 is 5.55. The molecule has 2 aromatic rings. The Labute approximate surface area is 95.7 Å². The second-order valence-electron chi connectivity index (χ2n) is 2.77. The Hall–Kier alpha value is -2.08. The minimum absolute atomic E-state index is 0.150. The Morgan fingerprint density at radius 2 is 1.94 bits per heavy atom. The summed E-state index contributed by atoms with van der Waals surface area (Å²) < 4.78 is 0. The van der Waals surface area contributed by atoms with Crippen molar-refractivity contribution in [2.24, 2.45) is 0 Å². The fraction of sp³-hybridized carbons (Fsp3) is 0. The van der Waals surface area contributed by atoms with Gasteiger partial charge in [-0.1, -0.05) is 11.6 Å². The van der Waals surface area contributed by atoms with Crippen molar-refractivity contribution in [3.8, 4) is 0 Å². The molecule has 0 unspecified atom stereocenters. The van der Waals surface area contributed by atoms with Crippen molar-refractivity contribution in [3.63, 3.8) is 0 Å². The predicted molar refractivity (Wildman–Crippen MR) is 57.0 cm³/mol. The normalized spacial score (nSPS) is 9.81. The molecule has 0 bridgehead atoms. The van der Waals surface area contributed by atoms with Crippen molar-refractivity contribution >= 4 is 23.5 Å². The fourth-order valence-corrected chi connectivity index (χ4v) is 1.07. The highest BCUT2D eigenvalue weighted by Gasteiger charge is 2.09. The summed E-state index contributed by atoms with van der Waals surface area (Å²) in [6.45, 7) is 0. The van der Waals surface area contributed by atoms with E-state index in [9.17, 15) is 4.79 Å². The van der Waals surface area contributed by atoms with Crippen molar-refractivity contribution < 1.29 is 4.79 Å². The van der Waals surface area contributed by atoms with Gasteiger partial charge in [-0.15, -0.1) is 10.2 Å². The van der Waals surface area contributed by atoms with Gasteiger partial charge in [-0.25, -0.2) is 9.97 Å². The molecule has 80 valence electrons. The zero-order chi connectivity index (χ0) is 11.4. The van der Waals surface area contributed by atoms with Crippen LogP contribution in [-0.2, 0) is 0 Å². The molecule has 0 atom stereocenters. The van der Waals surface area contributed by atoms with Crippen molar-refractivity contribution in [1.29, 1.82) is 0 Å². The molecule has 0 aliphatic carbocycles. The van der Waals surface area contributed by atoms with Gasteiger partial charge in [-0.2, -0.15) is 0 Å². The van der Waals surface area contributed by atoms with Crippen LogP contribution in [0.5, 0.6) is 0 Å². The van der Waals surface area contributed by atoms with E-state index in [4.69, 9.17) is 11.6 Å². The van der Waals surface area contributed by atoms with Crippen LogP contribution < -0.4 is 5.32 Å². The molecular weight excluding hydrogens is 230 g/mol. The minimum Gasteiger partial charge on any atom is -0.289 e. The van der Waals surface area contributed by atoms with Gasteiger partial charge >= 0.3 is 0 Å². The maximum absolute atomic E-state index is 11.6. The third-order valence-corrected chi connectivity index (χ3v) is 1.86. The molecule has 0 saturated carbocycles. The topological polar surface area (TPSA) is 80.7 Å². The van der Waals surface area contributed by atoms with Gasteiger partial charge in [0.1, 0.15) is 0 Å². The molecule has 2 aromatic heterocycles. The van der Waals surface area contributed by atoms with E-state index in [1.165, 1.54) is 24.5 Å². The number of aromatic nitrogens is 4. The Bertz CT molecular complexity index is 487. The maximum Gasteiger partial charge on any atom is 0.278 e. The van der Waals surface area contributed by atoms with Crippen molar-refractivity contribution in [2.45, 2.75) is 0 Å². The van der Waals surface area contributed by atoms with Crippen LogP contribution in [0.15, 0.2) is 30.6 Å². The highest BCUT2D eigenvalue weighted by Crippen LogP contribution is 2.04. The summed E-state index contributed by atoms with van der Waals surface area (Å²) in [4.78, 5) is 19.3. The standard InChI is InChI=1S/C9H6ClN5O/c10-7-3-2-6(14-15-7)8(16)13-9-11-4-1-5-12-9/h1-5H,(H,11,12,13,16). The smallest absolute Gasteiger partial charge is 0.278 e. The number of anilines is 1. The maximum atomic E-state index is 11.6.